The molecule has 0 aromatic carbocycles. The van der Waals surface area contributed by atoms with Crippen molar-refractivity contribution >= 4 is 27.6 Å². The molecule has 3 fully saturated rings. The molecule has 42 heavy (non-hydrogen) atoms. The number of aliphatic hydroxyl groups is 2. The van der Waals surface area contributed by atoms with E-state index in [1.54, 1.807) is 41.5 Å². The van der Waals surface area contributed by atoms with Crippen molar-refractivity contribution in [3.05, 3.63) is 0 Å². The van der Waals surface area contributed by atoms with Gasteiger partial charge in [0, 0.05) is 0 Å². The Kier molecular flexibility index (Phi) is 11.4. The average molecular weight is 649 g/mol. The van der Waals surface area contributed by atoms with Crippen LogP contribution in [0.3, 0.4) is 0 Å². The van der Waals surface area contributed by atoms with E-state index in [2.05, 4.69) is 0 Å². The lowest BCUT2D eigenvalue weighted by Gasteiger charge is -2.28. The van der Waals surface area contributed by atoms with Crippen LogP contribution in [0.2, 0.25) is 0 Å². The predicted octanol–water partition coefficient (Wildman–Crippen LogP) is 2.44. The number of esters is 2. The molecule has 0 aromatic rings. The first-order chi connectivity index (χ1) is 19.2. The molecule has 3 aliphatic heterocycles. The van der Waals surface area contributed by atoms with Crippen molar-refractivity contribution in [3.63, 3.8) is 0 Å². The minimum atomic E-state index is -4.58. The Balaban J connectivity index is 1.81. The summed E-state index contributed by atoms with van der Waals surface area (Å²) in [6, 6.07) is 0. The number of rotatable bonds is 6. The number of phosphoric acid groups is 2. The van der Waals surface area contributed by atoms with Gasteiger partial charge in [-0.3, -0.25) is 27.7 Å². The Bertz CT molecular complexity index is 972. The molecule has 2 N–H and O–H groups in total. The number of fused-ring (bicyclic) bond motifs is 4. The number of hydrogen-bond donors (Lipinski definition) is 2. The fraction of sp³-hybridized carbons (Fsp3) is 0.917. The number of hydrogen-bond acceptors (Lipinski definition) is 16. The van der Waals surface area contributed by atoms with E-state index in [0.717, 1.165) is 0 Å². The highest BCUT2D eigenvalue weighted by Gasteiger charge is 2.52. The van der Waals surface area contributed by atoms with Gasteiger partial charge in [-0.1, -0.05) is 0 Å². The third-order valence-corrected chi connectivity index (χ3v) is 9.24. The zero-order chi connectivity index (χ0) is 31.7. The lowest BCUT2D eigenvalue weighted by atomic mass is 9.98. The van der Waals surface area contributed by atoms with Crippen molar-refractivity contribution in [2.45, 2.75) is 104 Å². The molecule has 0 aliphatic carbocycles. The summed E-state index contributed by atoms with van der Waals surface area (Å²) in [4.78, 5) is 24.3. The number of carbonyl (C=O) groups is 2. The topological polar surface area (TPSA) is 201 Å². The molecule has 244 valence electrons. The van der Waals surface area contributed by atoms with Crippen molar-refractivity contribution in [3.8, 4) is 0 Å². The number of phosphoric ester groups is 2. The van der Waals surface area contributed by atoms with Crippen LogP contribution in [0.25, 0.3) is 0 Å². The van der Waals surface area contributed by atoms with E-state index in [4.69, 9.17) is 46.1 Å². The zero-order valence-electron chi connectivity index (χ0n) is 25.0. The van der Waals surface area contributed by atoms with Crippen LogP contribution in [0.5, 0.6) is 0 Å². The van der Waals surface area contributed by atoms with Gasteiger partial charge in [-0.25, -0.2) is 18.2 Å². The molecular weight excluding hydrogens is 606 g/mol. The number of aliphatic hydroxyl groups excluding tert-OH is 2. The van der Waals surface area contributed by atoms with Crippen LogP contribution >= 0.6 is 15.6 Å². The molecule has 3 rings (SSSR count). The highest BCUT2D eigenvalue weighted by molar-refractivity contribution is 7.48. The highest BCUT2D eigenvalue weighted by atomic mass is 31.2. The molecule has 16 nitrogen and oxygen atoms in total. The molecule has 3 aliphatic rings. The van der Waals surface area contributed by atoms with Crippen LogP contribution in [0, 0.1) is 10.8 Å². The minimum Gasteiger partial charge on any atom is -0.437 e. The monoisotopic (exact) mass is 648 g/mol. The van der Waals surface area contributed by atoms with Gasteiger partial charge in [0.25, 0.3) is 0 Å². The van der Waals surface area contributed by atoms with Crippen LogP contribution in [-0.2, 0) is 64.8 Å². The lowest BCUT2D eigenvalue weighted by Crippen LogP contribution is -2.38. The van der Waals surface area contributed by atoms with Gasteiger partial charge in [-0.05, 0) is 55.4 Å². The summed E-state index contributed by atoms with van der Waals surface area (Å²) in [6.45, 7) is 9.95. The van der Waals surface area contributed by atoms with Gasteiger partial charge in [0.05, 0.1) is 36.3 Å². The van der Waals surface area contributed by atoms with Crippen LogP contribution < -0.4 is 0 Å². The largest absolute Gasteiger partial charge is 0.478 e. The molecule has 10 atom stereocenters. The second-order valence-corrected chi connectivity index (χ2v) is 15.5. The van der Waals surface area contributed by atoms with Crippen LogP contribution in [0.4, 0.5) is 0 Å². The van der Waals surface area contributed by atoms with Gasteiger partial charge < -0.3 is 29.2 Å². The van der Waals surface area contributed by atoms with Crippen LogP contribution in [0.15, 0.2) is 0 Å². The maximum atomic E-state index is 13.6. The van der Waals surface area contributed by atoms with Gasteiger partial charge in [0.1, 0.15) is 36.6 Å². The van der Waals surface area contributed by atoms with E-state index < -0.39 is 114 Å². The Morgan fingerprint density at radius 1 is 0.714 bits per heavy atom. The maximum Gasteiger partial charge on any atom is 0.478 e. The van der Waals surface area contributed by atoms with E-state index >= 15 is 0 Å². The fourth-order valence-corrected chi connectivity index (χ4v) is 6.57. The summed E-state index contributed by atoms with van der Waals surface area (Å²) in [6.07, 6.45) is -9.77. The summed E-state index contributed by atoms with van der Waals surface area (Å²) >= 11 is 0. The fourth-order valence-electron chi connectivity index (χ4n) is 3.96. The first-order valence-corrected chi connectivity index (χ1v) is 16.3. The molecule has 0 saturated carbocycles. The maximum absolute atomic E-state index is 13.6. The summed E-state index contributed by atoms with van der Waals surface area (Å²) in [5.74, 6) is -1.29. The molecule has 0 radical (unpaired) electrons. The zero-order valence-corrected chi connectivity index (χ0v) is 26.7. The Labute approximate surface area is 244 Å². The first-order valence-electron chi connectivity index (χ1n) is 13.4. The lowest BCUT2D eigenvalue weighted by molar-refractivity contribution is -0.162. The van der Waals surface area contributed by atoms with E-state index in [-0.39, 0.29) is 0 Å². The number of carbonyl (C=O) groups excluding carboxylic acids is 2. The third-order valence-electron chi connectivity index (χ3n) is 6.46. The molecular formula is C24H42O16P2. The highest BCUT2D eigenvalue weighted by Crippen LogP contribution is 2.56. The molecule has 4 bridgehead atoms. The Hall–Kier alpha value is -1.00. The molecule has 0 amide bonds. The van der Waals surface area contributed by atoms with Gasteiger partial charge >= 0.3 is 27.6 Å². The molecule has 3 saturated heterocycles. The van der Waals surface area contributed by atoms with E-state index in [1.165, 1.54) is 13.8 Å². The molecule has 0 aromatic heterocycles. The standard InChI is InChI=1S/C24H42O16P2/c1-13-19-17(25)15(37-13)9-33-42(30,36-12-32-22(28)24(6,7)8)40-20-14(2)38-16(18(20)26)10-34-41(29,39-19)35-11-31-21(27)23(3,4)5/h13-20,25-26H,9-12H2,1-8H3. The molecule has 18 heteroatoms. The van der Waals surface area contributed by atoms with E-state index in [9.17, 15) is 28.9 Å². The summed E-state index contributed by atoms with van der Waals surface area (Å²) in [7, 11) is -9.16. The van der Waals surface area contributed by atoms with Crippen molar-refractivity contribution in [2.24, 2.45) is 10.8 Å². The second-order valence-electron chi connectivity index (χ2n) is 12.2. The SMILES string of the molecule is CC1OC2COP(=O)(OCOC(=O)C(C)(C)C)OC3C(C)OC(COP(=O)(OCOC(=O)C(C)(C)C)OC1C2O)C3O. The van der Waals surface area contributed by atoms with Crippen molar-refractivity contribution in [2.75, 3.05) is 26.8 Å². The Morgan fingerprint density at radius 2 is 1.05 bits per heavy atom. The van der Waals surface area contributed by atoms with Crippen molar-refractivity contribution in [1.82, 2.24) is 0 Å². The van der Waals surface area contributed by atoms with Crippen LogP contribution in [0.1, 0.15) is 55.4 Å². The first kappa shape index (κ1) is 35.5. The summed E-state index contributed by atoms with van der Waals surface area (Å²) in [5, 5.41) is 21.8. The summed E-state index contributed by atoms with van der Waals surface area (Å²) in [5.41, 5.74) is -1.74. The van der Waals surface area contributed by atoms with Gasteiger partial charge in [0.15, 0.2) is 0 Å². The molecule has 3 heterocycles. The summed E-state index contributed by atoms with van der Waals surface area (Å²) < 4.78 is 81.1. The number of ether oxygens (including phenoxy) is 4. The predicted molar refractivity (Wildman–Crippen MR) is 141 cm³/mol. The average Bonchev–Trinajstić information content (AvgIpc) is 3.28. The van der Waals surface area contributed by atoms with Crippen molar-refractivity contribution in [1.29, 1.82) is 0 Å². The quantitative estimate of drug-likeness (QED) is 0.241. The molecule has 0 spiro atoms. The van der Waals surface area contributed by atoms with Gasteiger partial charge in [0.2, 0.25) is 13.6 Å². The van der Waals surface area contributed by atoms with E-state index in [0.29, 0.717) is 0 Å². The van der Waals surface area contributed by atoms with E-state index in [1.807, 2.05) is 0 Å². The normalized spacial score (nSPS) is 39.9. The minimum absolute atomic E-state index is 0.577. The van der Waals surface area contributed by atoms with Crippen molar-refractivity contribution < 1.29 is 75.0 Å². The third kappa shape index (κ3) is 9.02. The Morgan fingerprint density at radius 3 is 1.36 bits per heavy atom. The van der Waals surface area contributed by atoms with Gasteiger partial charge in [-0.2, -0.15) is 0 Å². The molecule has 10 unspecified atom stereocenters. The smallest absolute Gasteiger partial charge is 0.437 e. The van der Waals surface area contributed by atoms with Gasteiger partial charge in [-0.15, -0.1) is 0 Å². The second kappa shape index (κ2) is 13.6. The van der Waals surface area contributed by atoms with Crippen LogP contribution in [-0.4, -0.2) is 97.8 Å².